The van der Waals surface area contributed by atoms with Crippen molar-refractivity contribution in [1.82, 2.24) is 29.7 Å². The fourth-order valence-corrected chi connectivity index (χ4v) is 7.13. The molecule has 38 heavy (non-hydrogen) atoms. The number of nitrogens with one attached hydrogen (secondary N) is 1. The highest BCUT2D eigenvalue weighted by Crippen LogP contribution is 2.42. The summed E-state index contributed by atoms with van der Waals surface area (Å²) >= 11 is 0. The normalized spacial score (nSPS) is 21.0. The maximum atomic E-state index is 4.54. The van der Waals surface area contributed by atoms with E-state index in [1.165, 1.54) is 88.7 Å². The molecule has 0 unspecified atom stereocenters. The minimum absolute atomic E-state index is 0.572. The van der Waals surface area contributed by atoms with Crippen molar-refractivity contribution in [1.29, 1.82) is 0 Å². The molecule has 3 fully saturated rings. The SMILES string of the molecule is c1ccc(CN(Cc2ccc(CN3CCC4(CCN(C5CCCCC5)CC4)C3)cc2)Cc2ncc[nH]2)nc1. The molecule has 3 aliphatic rings. The van der Waals surface area contributed by atoms with E-state index in [1.807, 2.05) is 24.7 Å². The zero-order valence-electron chi connectivity index (χ0n) is 22.9. The third kappa shape index (κ3) is 6.53. The van der Waals surface area contributed by atoms with Crippen molar-refractivity contribution in [2.45, 2.75) is 83.6 Å². The van der Waals surface area contributed by atoms with Crippen LogP contribution in [0.2, 0.25) is 0 Å². The highest BCUT2D eigenvalue weighted by atomic mass is 15.2. The minimum Gasteiger partial charge on any atom is -0.348 e. The maximum Gasteiger partial charge on any atom is 0.120 e. The Bertz CT molecular complexity index is 1100. The summed E-state index contributed by atoms with van der Waals surface area (Å²) in [5.74, 6) is 0.991. The average Bonchev–Trinajstić information content (AvgIpc) is 3.61. The van der Waals surface area contributed by atoms with Crippen LogP contribution in [0.25, 0.3) is 0 Å². The van der Waals surface area contributed by atoms with Crippen LogP contribution in [-0.2, 0) is 26.2 Å². The molecular weight excluding hydrogens is 468 g/mol. The van der Waals surface area contributed by atoms with Crippen LogP contribution in [-0.4, -0.2) is 61.9 Å². The van der Waals surface area contributed by atoms with Gasteiger partial charge in [-0.15, -0.1) is 0 Å². The quantitative estimate of drug-likeness (QED) is 0.403. The molecule has 0 amide bonds. The van der Waals surface area contributed by atoms with E-state index in [2.05, 4.69) is 66.0 Å². The third-order valence-corrected chi connectivity index (χ3v) is 9.34. The minimum atomic E-state index is 0.572. The van der Waals surface area contributed by atoms with Gasteiger partial charge in [0.25, 0.3) is 0 Å². The third-order valence-electron chi connectivity index (χ3n) is 9.34. The standard InChI is InChI=1S/C32H44N6/c1-2-7-30(8-3-1)38-20-14-32(15-21-38)13-19-36(26-32)22-27-9-11-28(12-10-27)23-37(25-31-34-17-18-35-31)24-29-6-4-5-16-33-29/h4-6,9-12,16-18,30H,1-3,7-8,13-15,19-26H2,(H,34,35). The van der Waals surface area contributed by atoms with Crippen LogP contribution in [0.4, 0.5) is 0 Å². The first kappa shape index (κ1) is 25.7. The molecule has 202 valence electrons. The van der Waals surface area contributed by atoms with Gasteiger partial charge >= 0.3 is 0 Å². The summed E-state index contributed by atoms with van der Waals surface area (Å²) in [6.07, 6.45) is 17.0. The van der Waals surface area contributed by atoms with Crippen molar-refractivity contribution in [2.24, 2.45) is 5.41 Å². The Morgan fingerprint density at radius 1 is 0.816 bits per heavy atom. The molecule has 4 heterocycles. The summed E-state index contributed by atoms with van der Waals surface area (Å²) < 4.78 is 0. The fourth-order valence-electron chi connectivity index (χ4n) is 7.13. The molecule has 6 heteroatoms. The van der Waals surface area contributed by atoms with Crippen LogP contribution in [0.15, 0.2) is 61.1 Å². The van der Waals surface area contributed by atoms with Crippen LogP contribution in [0, 0.1) is 5.41 Å². The van der Waals surface area contributed by atoms with Crippen LogP contribution in [0.1, 0.15) is 74.0 Å². The molecule has 6 nitrogen and oxygen atoms in total. The van der Waals surface area contributed by atoms with Gasteiger partial charge in [0.1, 0.15) is 5.82 Å². The molecule has 2 aliphatic heterocycles. The second kappa shape index (κ2) is 12.1. The first-order chi connectivity index (χ1) is 18.7. The molecule has 1 saturated carbocycles. The number of aromatic nitrogens is 3. The van der Waals surface area contributed by atoms with Gasteiger partial charge < -0.3 is 9.88 Å². The topological polar surface area (TPSA) is 51.3 Å². The Hall–Kier alpha value is -2.54. The monoisotopic (exact) mass is 512 g/mol. The van der Waals surface area contributed by atoms with Crippen LogP contribution < -0.4 is 0 Å². The highest BCUT2D eigenvalue weighted by Gasteiger charge is 2.41. The predicted molar refractivity (Wildman–Crippen MR) is 152 cm³/mol. The maximum absolute atomic E-state index is 4.54. The molecule has 0 bridgehead atoms. The Morgan fingerprint density at radius 3 is 2.34 bits per heavy atom. The van der Waals surface area contributed by atoms with Crippen LogP contribution in [0.5, 0.6) is 0 Å². The second-order valence-corrected chi connectivity index (χ2v) is 12.1. The van der Waals surface area contributed by atoms with Crippen molar-refractivity contribution >= 4 is 0 Å². The lowest BCUT2D eigenvalue weighted by molar-refractivity contribution is 0.0615. The number of imidazole rings is 1. The first-order valence-electron chi connectivity index (χ1n) is 14.9. The van der Waals surface area contributed by atoms with E-state index in [4.69, 9.17) is 0 Å². The molecule has 0 radical (unpaired) electrons. The van der Waals surface area contributed by atoms with E-state index in [0.717, 1.165) is 43.7 Å². The molecule has 3 aromatic rings. The lowest BCUT2D eigenvalue weighted by Crippen LogP contribution is -2.46. The summed E-state index contributed by atoms with van der Waals surface area (Å²) in [5, 5.41) is 0. The van der Waals surface area contributed by atoms with E-state index in [0.29, 0.717) is 5.41 Å². The summed E-state index contributed by atoms with van der Waals surface area (Å²) in [6.45, 7) is 8.75. The summed E-state index contributed by atoms with van der Waals surface area (Å²) in [4.78, 5) is 20.2. The van der Waals surface area contributed by atoms with E-state index < -0.39 is 0 Å². The molecule has 1 N–H and O–H groups in total. The smallest absolute Gasteiger partial charge is 0.120 e. The summed E-state index contributed by atoms with van der Waals surface area (Å²) in [7, 11) is 0. The zero-order valence-corrected chi connectivity index (χ0v) is 22.9. The van der Waals surface area contributed by atoms with Crippen molar-refractivity contribution in [3.05, 3.63) is 83.7 Å². The van der Waals surface area contributed by atoms with Gasteiger partial charge in [0.15, 0.2) is 0 Å². The fraction of sp³-hybridized carbons (Fsp3) is 0.562. The number of aromatic amines is 1. The zero-order chi connectivity index (χ0) is 25.6. The number of pyridine rings is 1. The molecule has 1 aromatic carbocycles. The molecule has 1 spiro atoms. The van der Waals surface area contributed by atoms with Crippen molar-refractivity contribution < 1.29 is 0 Å². The van der Waals surface area contributed by atoms with Gasteiger partial charge in [0.05, 0.1) is 12.2 Å². The van der Waals surface area contributed by atoms with Crippen molar-refractivity contribution in [3.63, 3.8) is 0 Å². The number of likely N-dealkylation sites (tertiary alicyclic amines) is 2. The number of rotatable bonds is 9. The van der Waals surface area contributed by atoms with Gasteiger partial charge in [-0.3, -0.25) is 14.8 Å². The van der Waals surface area contributed by atoms with Gasteiger partial charge in [-0.2, -0.15) is 0 Å². The molecule has 6 rings (SSSR count). The number of benzene rings is 1. The van der Waals surface area contributed by atoms with Gasteiger partial charge in [0.2, 0.25) is 0 Å². The predicted octanol–water partition coefficient (Wildman–Crippen LogP) is 5.63. The Balaban J connectivity index is 1.01. The lowest BCUT2D eigenvalue weighted by atomic mass is 9.77. The molecular formula is C32H44N6. The lowest BCUT2D eigenvalue weighted by Gasteiger charge is -2.43. The number of hydrogen-bond acceptors (Lipinski definition) is 5. The first-order valence-corrected chi connectivity index (χ1v) is 14.9. The van der Waals surface area contributed by atoms with E-state index in [1.54, 1.807) is 0 Å². The number of piperidine rings is 1. The average molecular weight is 513 g/mol. The second-order valence-electron chi connectivity index (χ2n) is 12.1. The molecule has 2 saturated heterocycles. The largest absolute Gasteiger partial charge is 0.348 e. The summed E-state index contributed by atoms with van der Waals surface area (Å²) in [6, 6.07) is 16.3. The number of H-pyrrole nitrogens is 1. The molecule has 1 aliphatic carbocycles. The highest BCUT2D eigenvalue weighted by molar-refractivity contribution is 5.23. The molecule has 2 aromatic heterocycles. The van der Waals surface area contributed by atoms with E-state index in [-0.39, 0.29) is 0 Å². The Morgan fingerprint density at radius 2 is 1.61 bits per heavy atom. The van der Waals surface area contributed by atoms with Crippen molar-refractivity contribution in [3.8, 4) is 0 Å². The van der Waals surface area contributed by atoms with Gasteiger partial charge in [-0.05, 0) is 80.4 Å². The van der Waals surface area contributed by atoms with E-state index in [9.17, 15) is 0 Å². The van der Waals surface area contributed by atoms with E-state index >= 15 is 0 Å². The van der Waals surface area contributed by atoms with Gasteiger partial charge in [-0.1, -0.05) is 49.6 Å². The Labute approximate surface area is 228 Å². The van der Waals surface area contributed by atoms with Gasteiger partial charge in [0, 0.05) is 50.8 Å². The van der Waals surface area contributed by atoms with Gasteiger partial charge in [-0.25, -0.2) is 4.98 Å². The van der Waals surface area contributed by atoms with Crippen molar-refractivity contribution in [2.75, 3.05) is 26.2 Å². The number of nitrogens with zero attached hydrogens (tertiary/aromatic N) is 5. The van der Waals surface area contributed by atoms with Crippen LogP contribution >= 0.6 is 0 Å². The Kier molecular flexibility index (Phi) is 8.19. The van der Waals surface area contributed by atoms with Crippen LogP contribution in [0.3, 0.4) is 0 Å². The number of hydrogen-bond donors (Lipinski definition) is 1. The summed E-state index contributed by atoms with van der Waals surface area (Å²) in [5.41, 5.74) is 4.43. The molecule has 0 atom stereocenters.